The Morgan fingerprint density at radius 3 is 1.53 bits per heavy atom. The van der Waals surface area contributed by atoms with Crippen LogP contribution in [0.1, 0.15) is 0 Å². The Labute approximate surface area is 110 Å². The van der Waals surface area contributed by atoms with Crippen LogP contribution in [0.4, 0.5) is 11.4 Å². The van der Waals surface area contributed by atoms with E-state index in [9.17, 15) is 0 Å². The Morgan fingerprint density at radius 1 is 0.765 bits per heavy atom. The molecule has 0 aliphatic heterocycles. The van der Waals surface area contributed by atoms with Crippen molar-refractivity contribution in [3.8, 4) is 0 Å². The third-order valence-electron chi connectivity index (χ3n) is 1.88. The number of hydrogen-bond donors (Lipinski definition) is 3. The van der Waals surface area contributed by atoms with Gasteiger partial charge in [0.25, 0.3) is 0 Å². The van der Waals surface area contributed by atoms with E-state index in [-0.39, 0.29) is 0 Å². The van der Waals surface area contributed by atoms with Gasteiger partial charge in [0, 0.05) is 21.4 Å². The van der Waals surface area contributed by atoms with E-state index in [4.69, 9.17) is 34.8 Å². The second-order valence-electron chi connectivity index (χ2n) is 3.20. The Bertz CT molecular complexity index is 419. The number of anilines is 2. The summed E-state index contributed by atoms with van der Waals surface area (Å²) in [5, 5.41) is 1.44. The summed E-state index contributed by atoms with van der Waals surface area (Å²) in [5.41, 5.74) is 9.47. The molecule has 2 aromatic carbocycles. The monoisotopic (exact) mass is 269 g/mol. The highest BCUT2D eigenvalue weighted by atomic mass is 35.5. The van der Waals surface area contributed by atoms with Crippen molar-refractivity contribution in [2.75, 3.05) is 11.2 Å². The Kier molecular flexibility index (Phi) is 5.63. The van der Waals surface area contributed by atoms with Gasteiger partial charge in [-0.25, -0.2) is 0 Å². The number of rotatable bonds is 1. The van der Waals surface area contributed by atoms with E-state index >= 15 is 0 Å². The van der Waals surface area contributed by atoms with Crippen molar-refractivity contribution in [2.45, 2.75) is 0 Å². The standard InChI is InChI=1S/C6H7ClN2.C6H6ClN/c7-5-1-3-6(9-8)4-2-5;7-5-1-3-6(8)4-2-5/h1-4,9H,8H2;1-4H,8H2. The van der Waals surface area contributed by atoms with Gasteiger partial charge in [-0.3, -0.25) is 5.84 Å². The maximum absolute atomic E-state index is 5.60. The average molecular weight is 270 g/mol. The first-order valence-electron chi connectivity index (χ1n) is 4.85. The maximum atomic E-state index is 5.60. The number of hydrogen-bond acceptors (Lipinski definition) is 3. The van der Waals surface area contributed by atoms with Crippen LogP contribution in [0.5, 0.6) is 0 Å². The zero-order chi connectivity index (χ0) is 12.7. The first kappa shape index (κ1) is 13.6. The van der Waals surface area contributed by atoms with Crippen LogP contribution in [-0.2, 0) is 0 Å². The number of nitrogens with two attached hydrogens (primary N) is 2. The lowest BCUT2D eigenvalue weighted by atomic mass is 10.3. The molecule has 3 nitrogen and oxygen atoms in total. The van der Waals surface area contributed by atoms with E-state index in [0.29, 0.717) is 5.02 Å². The number of nitrogens with one attached hydrogen (secondary N) is 1. The molecule has 0 aromatic heterocycles. The third kappa shape index (κ3) is 5.45. The largest absolute Gasteiger partial charge is 0.399 e. The van der Waals surface area contributed by atoms with E-state index in [2.05, 4.69) is 5.43 Å². The van der Waals surface area contributed by atoms with Crippen LogP contribution in [0.15, 0.2) is 48.5 Å². The Hall–Kier alpha value is -1.42. The fourth-order valence-electron chi connectivity index (χ4n) is 1.01. The first-order chi connectivity index (χ1) is 8.11. The third-order valence-corrected chi connectivity index (χ3v) is 2.38. The molecule has 0 amide bonds. The molecule has 17 heavy (non-hydrogen) atoms. The van der Waals surface area contributed by atoms with Gasteiger partial charge in [0.2, 0.25) is 0 Å². The molecule has 0 saturated heterocycles. The lowest BCUT2D eigenvalue weighted by molar-refractivity contribution is 1.35. The quantitative estimate of drug-likeness (QED) is 0.422. The summed E-state index contributed by atoms with van der Waals surface area (Å²) in [6, 6.07) is 14.2. The molecule has 0 saturated carbocycles. The van der Waals surface area contributed by atoms with Crippen molar-refractivity contribution in [3.63, 3.8) is 0 Å². The SMILES string of the molecule is NNc1ccc(Cl)cc1.Nc1ccc(Cl)cc1. The fraction of sp³-hybridized carbons (Fsp3) is 0. The van der Waals surface area contributed by atoms with E-state index in [0.717, 1.165) is 16.4 Å². The minimum Gasteiger partial charge on any atom is -0.399 e. The summed E-state index contributed by atoms with van der Waals surface area (Å²) in [6.45, 7) is 0. The van der Waals surface area contributed by atoms with Crippen molar-refractivity contribution in [1.82, 2.24) is 0 Å². The molecule has 2 aromatic rings. The molecule has 5 N–H and O–H groups in total. The summed E-state index contributed by atoms with van der Waals surface area (Å²) in [4.78, 5) is 0. The molecule has 5 heteroatoms. The van der Waals surface area contributed by atoms with E-state index < -0.39 is 0 Å². The zero-order valence-electron chi connectivity index (χ0n) is 9.03. The van der Waals surface area contributed by atoms with Gasteiger partial charge in [-0.2, -0.15) is 0 Å². The summed E-state index contributed by atoms with van der Waals surface area (Å²) >= 11 is 11.2. The van der Waals surface area contributed by atoms with Crippen LogP contribution < -0.4 is 17.0 Å². The van der Waals surface area contributed by atoms with Crippen LogP contribution in [0.3, 0.4) is 0 Å². The van der Waals surface area contributed by atoms with E-state index in [1.54, 1.807) is 36.4 Å². The summed E-state index contributed by atoms with van der Waals surface area (Å²) in [7, 11) is 0. The average Bonchev–Trinajstić information content (AvgIpc) is 2.35. The van der Waals surface area contributed by atoms with Gasteiger partial charge >= 0.3 is 0 Å². The van der Waals surface area contributed by atoms with Gasteiger partial charge in [0.15, 0.2) is 0 Å². The maximum Gasteiger partial charge on any atom is 0.0486 e. The normalized spacial score (nSPS) is 9.12. The van der Waals surface area contributed by atoms with Gasteiger partial charge in [-0.05, 0) is 48.5 Å². The molecule has 90 valence electrons. The fourth-order valence-corrected chi connectivity index (χ4v) is 1.26. The van der Waals surface area contributed by atoms with Crippen molar-refractivity contribution in [2.24, 2.45) is 5.84 Å². The van der Waals surface area contributed by atoms with Gasteiger partial charge in [0.1, 0.15) is 0 Å². The van der Waals surface area contributed by atoms with E-state index in [1.165, 1.54) is 0 Å². The lowest BCUT2D eigenvalue weighted by Crippen LogP contribution is -2.05. The molecule has 0 fully saturated rings. The molecule has 0 radical (unpaired) electrons. The first-order valence-corrected chi connectivity index (χ1v) is 5.60. The Balaban J connectivity index is 0.000000171. The van der Waals surface area contributed by atoms with Crippen molar-refractivity contribution in [3.05, 3.63) is 58.6 Å². The highest BCUT2D eigenvalue weighted by molar-refractivity contribution is 6.30. The predicted octanol–water partition coefficient (Wildman–Crippen LogP) is 3.55. The predicted molar refractivity (Wildman–Crippen MR) is 75.1 cm³/mol. The summed E-state index contributed by atoms with van der Waals surface area (Å²) in [6.07, 6.45) is 0. The number of benzene rings is 2. The molecule has 0 aliphatic carbocycles. The summed E-state index contributed by atoms with van der Waals surface area (Å²) in [5.74, 6) is 5.11. The van der Waals surface area contributed by atoms with Gasteiger partial charge in [0.05, 0.1) is 0 Å². The van der Waals surface area contributed by atoms with Crippen LogP contribution in [0.25, 0.3) is 0 Å². The lowest BCUT2D eigenvalue weighted by Gasteiger charge is -1.96. The van der Waals surface area contributed by atoms with Crippen molar-refractivity contribution in [1.29, 1.82) is 0 Å². The number of halogens is 2. The second kappa shape index (κ2) is 7.01. The van der Waals surface area contributed by atoms with Gasteiger partial charge in [-0.15, -0.1) is 0 Å². The van der Waals surface area contributed by atoms with Crippen LogP contribution in [0.2, 0.25) is 10.0 Å². The minimum absolute atomic E-state index is 0.717. The van der Waals surface area contributed by atoms with Crippen LogP contribution in [-0.4, -0.2) is 0 Å². The van der Waals surface area contributed by atoms with Crippen molar-refractivity contribution < 1.29 is 0 Å². The highest BCUT2D eigenvalue weighted by Gasteiger charge is 1.85. The van der Waals surface area contributed by atoms with E-state index in [1.807, 2.05) is 12.1 Å². The summed E-state index contributed by atoms with van der Waals surface area (Å²) < 4.78 is 0. The van der Waals surface area contributed by atoms with Gasteiger partial charge < -0.3 is 11.2 Å². The molecule has 0 aliphatic rings. The minimum atomic E-state index is 0.717. The van der Waals surface area contributed by atoms with Crippen molar-refractivity contribution >= 4 is 34.6 Å². The number of hydrazine groups is 1. The number of nitrogen functional groups attached to an aromatic ring is 2. The van der Waals surface area contributed by atoms with Gasteiger partial charge in [-0.1, -0.05) is 23.2 Å². The second-order valence-corrected chi connectivity index (χ2v) is 4.08. The van der Waals surface area contributed by atoms with Crippen LogP contribution >= 0.6 is 23.2 Å². The molecule has 0 heterocycles. The molecule has 0 unspecified atom stereocenters. The molecular formula is C12H13Cl2N3. The smallest absolute Gasteiger partial charge is 0.0486 e. The molecule has 0 spiro atoms. The zero-order valence-corrected chi connectivity index (χ0v) is 10.5. The molecule has 2 rings (SSSR count). The molecular weight excluding hydrogens is 257 g/mol. The van der Waals surface area contributed by atoms with Crippen LogP contribution in [0, 0.1) is 0 Å². The topological polar surface area (TPSA) is 64.1 Å². The highest BCUT2D eigenvalue weighted by Crippen LogP contribution is 2.11. The molecule has 0 atom stereocenters. The Morgan fingerprint density at radius 2 is 1.18 bits per heavy atom. The molecule has 0 bridgehead atoms.